The highest BCUT2D eigenvalue weighted by Gasteiger charge is 2.16. The van der Waals surface area contributed by atoms with Crippen molar-refractivity contribution in [3.05, 3.63) is 5.82 Å². The van der Waals surface area contributed by atoms with E-state index < -0.39 is 0 Å². The molecular weight excluding hydrogens is 214 g/mol. The van der Waals surface area contributed by atoms with Gasteiger partial charge in [-0.3, -0.25) is 0 Å². The minimum atomic E-state index is 0.212. The van der Waals surface area contributed by atoms with E-state index >= 15 is 0 Å². The first-order valence-electron chi connectivity index (χ1n) is 6.55. The van der Waals surface area contributed by atoms with Crippen molar-refractivity contribution in [2.24, 2.45) is 11.8 Å². The first-order valence-corrected chi connectivity index (χ1v) is 6.55. The summed E-state index contributed by atoms with van der Waals surface area (Å²) in [4.78, 5) is 0. The van der Waals surface area contributed by atoms with Gasteiger partial charge < -0.3 is 5.32 Å². The van der Waals surface area contributed by atoms with E-state index in [1.54, 1.807) is 0 Å². The van der Waals surface area contributed by atoms with Gasteiger partial charge in [-0.15, -0.1) is 5.10 Å². The zero-order valence-corrected chi connectivity index (χ0v) is 11.6. The Labute approximate surface area is 104 Å². The second-order valence-electron chi connectivity index (χ2n) is 5.12. The predicted octanol–water partition coefficient (Wildman–Crippen LogP) is 2.03. The summed E-state index contributed by atoms with van der Waals surface area (Å²) >= 11 is 0. The molecule has 0 spiro atoms. The van der Waals surface area contributed by atoms with Gasteiger partial charge in [-0.25, -0.2) is 4.68 Å². The van der Waals surface area contributed by atoms with E-state index in [-0.39, 0.29) is 6.04 Å². The third kappa shape index (κ3) is 4.07. The Morgan fingerprint density at radius 2 is 1.94 bits per heavy atom. The van der Waals surface area contributed by atoms with E-state index in [2.05, 4.69) is 55.5 Å². The second-order valence-corrected chi connectivity index (χ2v) is 5.12. The van der Waals surface area contributed by atoms with Gasteiger partial charge in [0.1, 0.15) is 0 Å². The smallest absolute Gasteiger partial charge is 0.167 e. The lowest BCUT2D eigenvalue weighted by Crippen LogP contribution is -2.25. The van der Waals surface area contributed by atoms with Crippen LogP contribution in [0.2, 0.25) is 0 Å². The summed E-state index contributed by atoms with van der Waals surface area (Å²) in [5.41, 5.74) is 0. The van der Waals surface area contributed by atoms with Gasteiger partial charge in [0.15, 0.2) is 5.82 Å². The fourth-order valence-corrected chi connectivity index (χ4v) is 1.59. The van der Waals surface area contributed by atoms with Gasteiger partial charge in [0.25, 0.3) is 0 Å². The van der Waals surface area contributed by atoms with Crippen molar-refractivity contribution in [1.29, 1.82) is 0 Å². The van der Waals surface area contributed by atoms with Crippen molar-refractivity contribution >= 4 is 0 Å². The van der Waals surface area contributed by atoms with Gasteiger partial charge in [-0.2, -0.15) is 0 Å². The van der Waals surface area contributed by atoms with Crippen LogP contribution in [0.15, 0.2) is 0 Å². The standard InChI is InChI=1S/C12H25N5/c1-6-7-13-11(5)12-14-15-16-17(12)8-10(4)9(2)3/h9-11,13H,6-8H2,1-5H3. The van der Waals surface area contributed by atoms with Crippen LogP contribution in [-0.4, -0.2) is 26.8 Å². The minimum absolute atomic E-state index is 0.212. The molecular formula is C12H25N5. The summed E-state index contributed by atoms with van der Waals surface area (Å²) in [7, 11) is 0. The first-order chi connectivity index (χ1) is 8.06. The topological polar surface area (TPSA) is 55.6 Å². The molecule has 98 valence electrons. The van der Waals surface area contributed by atoms with Crippen LogP contribution in [0.1, 0.15) is 52.9 Å². The lowest BCUT2D eigenvalue weighted by Gasteiger charge is -2.18. The molecule has 5 nitrogen and oxygen atoms in total. The van der Waals surface area contributed by atoms with Crippen LogP contribution < -0.4 is 5.32 Å². The Bertz CT molecular complexity index is 320. The fraction of sp³-hybridized carbons (Fsp3) is 0.917. The van der Waals surface area contributed by atoms with E-state index in [0.29, 0.717) is 11.8 Å². The lowest BCUT2D eigenvalue weighted by molar-refractivity contribution is 0.333. The number of tetrazole rings is 1. The number of hydrogen-bond acceptors (Lipinski definition) is 4. The van der Waals surface area contributed by atoms with Crippen LogP contribution in [0.4, 0.5) is 0 Å². The second kappa shape index (κ2) is 6.69. The molecule has 0 aliphatic heterocycles. The molecule has 0 radical (unpaired) electrons. The zero-order valence-electron chi connectivity index (χ0n) is 11.6. The molecule has 5 heteroatoms. The Kier molecular flexibility index (Phi) is 5.55. The largest absolute Gasteiger partial charge is 0.307 e. The maximum absolute atomic E-state index is 4.12. The van der Waals surface area contributed by atoms with Crippen LogP contribution >= 0.6 is 0 Å². The molecule has 2 atom stereocenters. The third-order valence-corrected chi connectivity index (χ3v) is 3.25. The molecule has 0 saturated carbocycles. The van der Waals surface area contributed by atoms with E-state index in [9.17, 15) is 0 Å². The van der Waals surface area contributed by atoms with Crippen molar-refractivity contribution < 1.29 is 0 Å². The summed E-state index contributed by atoms with van der Waals surface area (Å²) in [6.45, 7) is 12.8. The van der Waals surface area contributed by atoms with Gasteiger partial charge in [-0.1, -0.05) is 27.7 Å². The maximum Gasteiger partial charge on any atom is 0.167 e. The van der Waals surface area contributed by atoms with Gasteiger partial charge >= 0.3 is 0 Å². The van der Waals surface area contributed by atoms with Crippen molar-refractivity contribution in [1.82, 2.24) is 25.5 Å². The molecule has 0 aliphatic rings. The molecule has 1 aromatic rings. The van der Waals surface area contributed by atoms with E-state index in [1.807, 2.05) is 4.68 Å². The quantitative estimate of drug-likeness (QED) is 0.791. The third-order valence-electron chi connectivity index (χ3n) is 3.25. The van der Waals surface area contributed by atoms with E-state index in [4.69, 9.17) is 0 Å². The van der Waals surface area contributed by atoms with Crippen LogP contribution in [0, 0.1) is 11.8 Å². The average Bonchev–Trinajstić information content (AvgIpc) is 2.73. The Hall–Kier alpha value is -0.970. The van der Waals surface area contributed by atoms with Crippen molar-refractivity contribution in [3.8, 4) is 0 Å². The number of aromatic nitrogens is 4. The van der Waals surface area contributed by atoms with Crippen LogP contribution in [0.25, 0.3) is 0 Å². The normalized spacial score (nSPS) is 15.2. The number of rotatable bonds is 7. The highest BCUT2D eigenvalue weighted by atomic mass is 15.5. The van der Waals surface area contributed by atoms with Gasteiger partial charge in [-0.05, 0) is 42.2 Å². The van der Waals surface area contributed by atoms with Crippen molar-refractivity contribution in [2.75, 3.05) is 6.54 Å². The summed E-state index contributed by atoms with van der Waals surface area (Å²) in [5, 5.41) is 15.4. The summed E-state index contributed by atoms with van der Waals surface area (Å²) in [6.07, 6.45) is 1.12. The molecule has 0 aliphatic carbocycles. The minimum Gasteiger partial charge on any atom is -0.307 e. The maximum atomic E-state index is 4.12. The summed E-state index contributed by atoms with van der Waals surface area (Å²) < 4.78 is 1.93. The monoisotopic (exact) mass is 239 g/mol. The number of nitrogens with zero attached hydrogens (tertiary/aromatic N) is 4. The highest BCUT2D eigenvalue weighted by Crippen LogP contribution is 2.14. The van der Waals surface area contributed by atoms with Gasteiger partial charge in [0, 0.05) is 6.54 Å². The predicted molar refractivity (Wildman–Crippen MR) is 68.5 cm³/mol. The Morgan fingerprint density at radius 3 is 2.53 bits per heavy atom. The molecule has 0 aromatic carbocycles. The van der Waals surface area contributed by atoms with Crippen molar-refractivity contribution in [3.63, 3.8) is 0 Å². The van der Waals surface area contributed by atoms with Crippen LogP contribution in [0.5, 0.6) is 0 Å². The number of nitrogens with one attached hydrogen (secondary N) is 1. The van der Waals surface area contributed by atoms with E-state index in [1.165, 1.54) is 0 Å². The molecule has 1 heterocycles. The molecule has 0 amide bonds. The van der Waals surface area contributed by atoms with Gasteiger partial charge in [0.2, 0.25) is 0 Å². The molecule has 1 rings (SSSR count). The Morgan fingerprint density at radius 1 is 1.24 bits per heavy atom. The average molecular weight is 239 g/mol. The van der Waals surface area contributed by atoms with Gasteiger partial charge in [0.05, 0.1) is 6.04 Å². The first kappa shape index (κ1) is 14.1. The summed E-state index contributed by atoms with van der Waals surface area (Å²) in [6, 6.07) is 0.212. The molecule has 0 fully saturated rings. The molecule has 1 N–H and O–H groups in total. The Balaban J connectivity index is 2.65. The van der Waals surface area contributed by atoms with E-state index in [0.717, 1.165) is 25.3 Å². The summed E-state index contributed by atoms with van der Waals surface area (Å²) in [5.74, 6) is 2.16. The highest BCUT2D eigenvalue weighted by molar-refractivity contribution is 4.89. The SMILES string of the molecule is CCCNC(C)c1nnnn1CC(C)C(C)C. The lowest BCUT2D eigenvalue weighted by atomic mass is 9.98. The zero-order chi connectivity index (χ0) is 12.8. The fourth-order valence-electron chi connectivity index (χ4n) is 1.59. The van der Waals surface area contributed by atoms with Crippen molar-refractivity contribution in [2.45, 2.75) is 53.6 Å². The molecule has 1 aromatic heterocycles. The number of hydrogen-bond donors (Lipinski definition) is 1. The molecule has 17 heavy (non-hydrogen) atoms. The molecule has 2 unspecified atom stereocenters. The van der Waals surface area contributed by atoms with Crippen LogP contribution in [0.3, 0.4) is 0 Å². The molecule has 0 bridgehead atoms. The molecule has 0 saturated heterocycles. The van der Waals surface area contributed by atoms with Crippen LogP contribution in [-0.2, 0) is 6.54 Å².